The van der Waals surface area contributed by atoms with Crippen LogP contribution in [-0.4, -0.2) is 47.7 Å². The molecule has 0 aromatic heterocycles. The van der Waals surface area contributed by atoms with E-state index in [-0.39, 0.29) is 34.7 Å². The van der Waals surface area contributed by atoms with Crippen molar-refractivity contribution in [2.45, 2.75) is 6.18 Å². The summed E-state index contributed by atoms with van der Waals surface area (Å²) in [6, 6.07) is 4.57. The van der Waals surface area contributed by atoms with Gasteiger partial charge in [0.25, 0.3) is 0 Å². The van der Waals surface area contributed by atoms with E-state index < -0.39 is 43.0 Å². The topological polar surface area (TPSA) is 69.6 Å². The van der Waals surface area contributed by atoms with Crippen molar-refractivity contribution in [2.75, 3.05) is 25.0 Å². The van der Waals surface area contributed by atoms with Gasteiger partial charge in [0.2, 0.25) is 5.91 Å². The van der Waals surface area contributed by atoms with Gasteiger partial charge in [-0.25, -0.2) is 0 Å². The number of carbonyl (C=O) groups is 2. The number of carbonyl (C=O) groups excluding carboxylic acids is 1. The van der Waals surface area contributed by atoms with Crippen LogP contribution in [0.5, 0.6) is 0 Å². The summed E-state index contributed by atoms with van der Waals surface area (Å²) in [6.45, 7) is -1.30. The average molecular weight is 422 g/mol. The third kappa shape index (κ3) is 5.37. The Morgan fingerprint density at radius 3 is 2.24 bits per heavy atom. The van der Waals surface area contributed by atoms with E-state index >= 15 is 0 Å². The lowest BCUT2D eigenvalue weighted by molar-refractivity contribution is -0.188. The monoisotopic (exact) mass is 420 g/mol. The predicted molar refractivity (Wildman–Crippen MR) is 89.5 cm³/mol. The Morgan fingerprint density at radius 2 is 1.80 bits per heavy atom. The van der Waals surface area contributed by atoms with Crippen molar-refractivity contribution < 1.29 is 27.9 Å². The standard InChI is InChI=1S/C14H13Cl2F3N2O3.ClH/c15-9-2-1-3-10(16)12(9)20-11(22)6-21-4-7(13(23)24)8(5-21)14(17,18)19;/h1-3,7-8H,4-6H2,(H,20,22)(H,23,24);1H/t7-,8-;/m1./s1. The molecule has 140 valence electrons. The van der Waals surface area contributed by atoms with E-state index in [9.17, 15) is 22.8 Å². The summed E-state index contributed by atoms with van der Waals surface area (Å²) in [6.07, 6.45) is -4.64. The molecule has 1 aliphatic rings. The Kier molecular flexibility index (Phi) is 7.37. The average Bonchev–Trinajstić information content (AvgIpc) is 2.87. The van der Waals surface area contributed by atoms with Crippen LogP contribution >= 0.6 is 35.6 Å². The highest BCUT2D eigenvalue weighted by Gasteiger charge is 2.52. The van der Waals surface area contributed by atoms with Gasteiger partial charge in [0.1, 0.15) is 0 Å². The van der Waals surface area contributed by atoms with Crippen LogP contribution < -0.4 is 5.32 Å². The van der Waals surface area contributed by atoms with Gasteiger partial charge in [0.05, 0.1) is 34.1 Å². The number of nitrogens with one attached hydrogen (secondary N) is 1. The van der Waals surface area contributed by atoms with Crippen LogP contribution in [0.15, 0.2) is 18.2 Å². The molecule has 1 aliphatic heterocycles. The summed E-state index contributed by atoms with van der Waals surface area (Å²) in [5.41, 5.74) is 0.159. The molecule has 25 heavy (non-hydrogen) atoms. The molecule has 0 radical (unpaired) electrons. The molecule has 1 saturated heterocycles. The lowest BCUT2D eigenvalue weighted by Gasteiger charge is -2.18. The molecule has 0 bridgehead atoms. The summed E-state index contributed by atoms with van der Waals surface area (Å²) in [5, 5.41) is 11.8. The molecule has 0 saturated carbocycles. The van der Waals surface area contributed by atoms with Gasteiger partial charge in [-0.1, -0.05) is 29.3 Å². The normalized spacial score (nSPS) is 20.8. The Labute approximate surface area is 157 Å². The zero-order valence-electron chi connectivity index (χ0n) is 12.5. The van der Waals surface area contributed by atoms with E-state index in [2.05, 4.69) is 5.32 Å². The molecule has 1 aromatic rings. The molecule has 5 nitrogen and oxygen atoms in total. The van der Waals surface area contributed by atoms with Crippen LogP contribution in [0.25, 0.3) is 0 Å². The van der Waals surface area contributed by atoms with Crippen LogP contribution in [0.1, 0.15) is 0 Å². The molecule has 1 amide bonds. The largest absolute Gasteiger partial charge is 0.481 e. The molecule has 2 atom stereocenters. The highest BCUT2D eigenvalue weighted by molar-refractivity contribution is 6.39. The number of rotatable bonds is 4. The number of halogens is 6. The molecule has 0 spiro atoms. The summed E-state index contributed by atoms with van der Waals surface area (Å²) in [7, 11) is 0. The molecule has 1 fully saturated rings. The number of likely N-dealkylation sites (tertiary alicyclic amines) is 1. The highest BCUT2D eigenvalue weighted by Crippen LogP contribution is 2.37. The third-order valence-electron chi connectivity index (χ3n) is 3.73. The molecule has 2 N–H and O–H groups in total. The van der Waals surface area contributed by atoms with Crippen molar-refractivity contribution in [1.82, 2.24) is 4.90 Å². The van der Waals surface area contributed by atoms with Crippen molar-refractivity contribution >= 4 is 53.2 Å². The number of para-hydroxylation sites is 1. The number of carboxylic acids is 1. The Morgan fingerprint density at radius 1 is 1.24 bits per heavy atom. The van der Waals surface area contributed by atoms with Crippen LogP contribution in [0.2, 0.25) is 10.0 Å². The minimum atomic E-state index is -4.64. The quantitative estimate of drug-likeness (QED) is 0.780. The number of alkyl halides is 3. The second-order valence-corrected chi connectivity index (χ2v) is 6.25. The first-order valence-electron chi connectivity index (χ1n) is 6.85. The van der Waals surface area contributed by atoms with Gasteiger partial charge < -0.3 is 10.4 Å². The molecular formula is C14H14Cl3F3N2O3. The number of carboxylic acid groups (broad SMARTS) is 1. The van der Waals surface area contributed by atoms with Gasteiger partial charge in [0, 0.05) is 13.1 Å². The van der Waals surface area contributed by atoms with Gasteiger partial charge in [-0.2, -0.15) is 13.2 Å². The second kappa shape index (κ2) is 8.44. The first kappa shape index (κ1) is 21.8. The van der Waals surface area contributed by atoms with E-state index in [0.717, 1.165) is 4.90 Å². The van der Waals surface area contributed by atoms with E-state index in [0.29, 0.717) is 0 Å². The van der Waals surface area contributed by atoms with E-state index in [4.69, 9.17) is 28.3 Å². The molecule has 2 rings (SSSR count). The van der Waals surface area contributed by atoms with Gasteiger partial charge in [-0.3, -0.25) is 14.5 Å². The number of hydrogen-bond donors (Lipinski definition) is 2. The Bertz CT molecular complexity index is 638. The van der Waals surface area contributed by atoms with Crippen molar-refractivity contribution in [1.29, 1.82) is 0 Å². The second-order valence-electron chi connectivity index (χ2n) is 5.43. The lowest BCUT2D eigenvalue weighted by atomic mass is 9.96. The number of benzene rings is 1. The van der Waals surface area contributed by atoms with Gasteiger partial charge in [0.15, 0.2) is 0 Å². The Hall–Kier alpha value is -1.22. The number of nitrogens with zero attached hydrogens (tertiary/aromatic N) is 1. The van der Waals surface area contributed by atoms with Crippen molar-refractivity contribution in [3.63, 3.8) is 0 Å². The first-order valence-corrected chi connectivity index (χ1v) is 7.61. The van der Waals surface area contributed by atoms with E-state index in [1.165, 1.54) is 12.1 Å². The van der Waals surface area contributed by atoms with E-state index in [1.54, 1.807) is 6.07 Å². The molecular weight excluding hydrogens is 408 g/mol. The minimum absolute atomic E-state index is 0. The maximum atomic E-state index is 12.9. The minimum Gasteiger partial charge on any atom is -0.481 e. The summed E-state index contributed by atoms with van der Waals surface area (Å²) < 4.78 is 38.7. The molecule has 0 aliphatic carbocycles. The van der Waals surface area contributed by atoms with Crippen molar-refractivity contribution in [2.24, 2.45) is 11.8 Å². The number of amides is 1. The lowest BCUT2D eigenvalue weighted by Crippen LogP contribution is -2.34. The fourth-order valence-corrected chi connectivity index (χ4v) is 3.09. The number of anilines is 1. The highest BCUT2D eigenvalue weighted by atomic mass is 35.5. The smallest absolute Gasteiger partial charge is 0.393 e. The molecule has 1 heterocycles. The van der Waals surface area contributed by atoms with Crippen molar-refractivity contribution in [3.05, 3.63) is 28.2 Å². The van der Waals surface area contributed by atoms with Crippen molar-refractivity contribution in [3.8, 4) is 0 Å². The Balaban J connectivity index is 0.00000312. The number of hydrogen-bond acceptors (Lipinski definition) is 3. The van der Waals surface area contributed by atoms with E-state index in [1.807, 2.05) is 0 Å². The number of aliphatic carboxylic acids is 1. The molecule has 0 unspecified atom stereocenters. The maximum Gasteiger partial charge on any atom is 0.393 e. The maximum absolute atomic E-state index is 12.9. The van der Waals surface area contributed by atoms with Gasteiger partial charge in [-0.05, 0) is 12.1 Å². The van der Waals surface area contributed by atoms with Gasteiger partial charge in [-0.15, -0.1) is 12.4 Å². The van der Waals surface area contributed by atoms with Gasteiger partial charge >= 0.3 is 12.1 Å². The molecule has 11 heteroatoms. The summed E-state index contributed by atoms with van der Waals surface area (Å²) in [4.78, 5) is 24.2. The first-order chi connectivity index (χ1) is 11.1. The van der Waals surface area contributed by atoms with Crippen LogP contribution in [-0.2, 0) is 9.59 Å². The van der Waals surface area contributed by atoms with Crippen LogP contribution in [0, 0.1) is 11.8 Å². The predicted octanol–water partition coefficient (Wildman–Crippen LogP) is 3.55. The summed E-state index contributed by atoms with van der Waals surface area (Å²) in [5.74, 6) is -5.76. The van der Waals surface area contributed by atoms with Crippen LogP contribution in [0.4, 0.5) is 18.9 Å². The fourth-order valence-electron chi connectivity index (χ4n) is 2.60. The molecule has 1 aromatic carbocycles. The SMILES string of the molecule is Cl.O=C(CN1C[C@@H](C(F)(F)F)[C@H](C(=O)O)C1)Nc1c(Cl)cccc1Cl. The van der Waals surface area contributed by atoms with Crippen LogP contribution in [0.3, 0.4) is 0 Å². The summed E-state index contributed by atoms with van der Waals surface area (Å²) >= 11 is 11.8. The zero-order chi connectivity index (χ0) is 18.1. The third-order valence-corrected chi connectivity index (χ3v) is 4.36. The fraction of sp³-hybridized carbons (Fsp3) is 0.429. The zero-order valence-corrected chi connectivity index (χ0v) is 14.8.